The van der Waals surface area contributed by atoms with E-state index in [4.69, 9.17) is 23.7 Å². The lowest BCUT2D eigenvalue weighted by Gasteiger charge is -2.21. The molecule has 0 spiro atoms. The first-order valence-electron chi connectivity index (χ1n) is 19.2. The molecule has 2 aromatic rings. The van der Waals surface area contributed by atoms with E-state index >= 15 is 0 Å². The molecule has 2 heterocycles. The van der Waals surface area contributed by atoms with Gasteiger partial charge in [-0.15, -0.1) is 5.10 Å². The van der Waals surface area contributed by atoms with E-state index < -0.39 is 18.0 Å². The minimum absolute atomic E-state index is 0.00567. The third kappa shape index (κ3) is 20.0. The zero-order valence-corrected chi connectivity index (χ0v) is 33.6. The van der Waals surface area contributed by atoms with Crippen molar-refractivity contribution in [1.29, 1.82) is 0 Å². The lowest BCUT2D eigenvalue weighted by atomic mass is 10.0. The Bertz CT molecular complexity index is 1550. The number of alkyl carbamates (subject to hydrolysis) is 1. The van der Waals surface area contributed by atoms with E-state index in [0.717, 1.165) is 16.9 Å². The second kappa shape index (κ2) is 28.2. The second-order valence-electron chi connectivity index (χ2n) is 12.4. The van der Waals surface area contributed by atoms with Crippen molar-refractivity contribution < 1.29 is 52.5 Å². The molecule has 0 aliphatic carbocycles. The summed E-state index contributed by atoms with van der Waals surface area (Å²) in [7, 11) is 0. The fourth-order valence-electron chi connectivity index (χ4n) is 4.80. The van der Waals surface area contributed by atoms with Crippen molar-refractivity contribution in [2.75, 3.05) is 77.9 Å². The molecule has 1 atom stereocenters. The summed E-state index contributed by atoms with van der Waals surface area (Å²) in [6.45, 7) is 12.1. The van der Waals surface area contributed by atoms with Crippen LogP contribution in [0.4, 0.5) is 10.5 Å². The fraction of sp³-hybridized carbons (Fsp3) is 0.579. The number of aromatic nitrogens is 3. The summed E-state index contributed by atoms with van der Waals surface area (Å²) >= 11 is 0. The summed E-state index contributed by atoms with van der Waals surface area (Å²) in [4.78, 5) is 73.3. The molecular formula is C38H58N8O11. The normalized spacial score (nSPS) is 12.6. The maximum atomic E-state index is 12.7. The molecule has 3 rings (SSSR count). The molecule has 1 aliphatic heterocycles. The molecule has 57 heavy (non-hydrogen) atoms. The zero-order chi connectivity index (χ0) is 41.8. The van der Waals surface area contributed by atoms with Crippen LogP contribution in [-0.4, -0.2) is 134 Å². The number of benzene rings is 1. The van der Waals surface area contributed by atoms with Crippen LogP contribution in [0.3, 0.4) is 0 Å². The minimum atomic E-state index is -0.800. The van der Waals surface area contributed by atoms with Crippen molar-refractivity contribution in [3.8, 4) is 0 Å². The molecule has 19 heteroatoms. The number of carbonyl (C=O) groups excluding carboxylic acids is 6. The second-order valence-corrected chi connectivity index (χ2v) is 12.4. The van der Waals surface area contributed by atoms with Crippen molar-refractivity contribution in [3.63, 3.8) is 0 Å². The van der Waals surface area contributed by atoms with Crippen molar-refractivity contribution in [2.24, 2.45) is 5.92 Å². The number of ether oxygens (including phenoxy) is 5. The van der Waals surface area contributed by atoms with Crippen LogP contribution in [0.1, 0.15) is 52.3 Å². The number of aryl methyl sites for hydroxylation is 1. The van der Waals surface area contributed by atoms with E-state index in [1.807, 2.05) is 45.0 Å². The molecule has 0 saturated carbocycles. The number of imide groups is 1. The first-order valence-corrected chi connectivity index (χ1v) is 19.2. The summed E-state index contributed by atoms with van der Waals surface area (Å²) < 4.78 is 28.4. The van der Waals surface area contributed by atoms with Gasteiger partial charge in [-0.3, -0.25) is 28.9 Å². The van der Waals surface area contributed by atoms with Gasteiger partial charge in [0.1, 0.15) is 18.3 Å². The minimum Gasteiger partial charge on any atom is -0.447 e. The molecule has 19 nitrogen and oxygen atoms in total. The molecule has 4 N–H and O–H groups in total. The van der Waals surface area contributed by atoms with Crippen LogP contribution in [0.25, 0.3) is 0 Å². The summed E-state index contributed by atoms with van der Waals surface area (Å²) in [5.74, 6) is -2.11. The summed E-state index contributed by atoms with van der Waals surface area (Å²) in [5, 5.41) is 18.6. The highest BCUT2D eigenvalue weighted by molar-refractivity contribution is 6.12. The number of amides is 6. The Balaban J connectivity index is 0.00000551. The predicted molar refractivity (Wildman–Crippen MR) is 208 cm³/mol. The number of hydrogen-bond donors (Lipinski definition) is 4. The summed E-state index contributed by atoms with van der Waals surface area (Å²) in [6, 6.07) is 6.67. The lowest BCUT2D eigenvalue weighted by molar-refractivity contribution is -0.137. The maximum Gasteiger partial charge on any atom is 0.407 e. The molecule has 1 aromatic heterocycles. The van der Waals surface area contributed by atoms with Crippen molar-refractivity contribution in [1.82, 2.24) is 35.8 Å². The first-order chi connectivity index (χ1) is 27.5. The van der Waals surface area contributed by atoms with Crippen molar-refractivity contribution in [3.05, 3.63) is 53.9 Å². The third-order valence-corrected chi connectivity index (χ3v) is 7.84. The van der Waals surface area contributed by atoms with Gasteiger partial charge in [0.25, 0.3) is 11.8 Å². The lowest BCUT2D eigenvalue weighted by Crippen LogP contribution is -2.51. The van der Waals surface area contributed by atoms with Crippen LogP contribution >= 0.6 is 0 Å². The molecule has 316 valence electrons. The van der Waals surface area contributed by atoms with Crippen LogP contribution in [0, 0.1) is 5.92 Å². The number of carbonyl (C=O) groups is 6. The van der Waals surface area contributed by atoms with Gasteiger partial charge < -0.3 is 45.0 Å². The SMILES string of the molecule is CC.CCc1ccc(NC(=O)CNC(=O)C(NC(=O)CCOCCOCCOCCn2cc(CNC(=O)OCCOCCN3C(=O)C=CC3=O)nn2)C(C)C)cc1. The van der Waals surface area contributed by atoms with Gasteiger partial charge in [-0.25, -0.2) is 9.48 Å². The van der Waals surface area contributed by atoms with Gasteiger partial charge in [-0.05, 0) is 30.0 Å². The van der Waals surface area contributed by atoms with Gasteiger partial charge in [0, 0.05) is 24.3 Å². The monoisotopic (exact) mass is 802 g/mol. The number of nitrogens with zero attached hydrogens (tertiary/aromatic N) is 4. The summed E-state index contributed by atoms with van der Waals surface area (Å²) in [5.41, 5.74) is 2.32. The predicted octanol–water partition coefficient (Wildman–Crippen LogP) is 1.37. The zero-order valence-electron chi connectivity index (χ0n) is 33.6. The number of anilines is 1. The quantitative estimate of drug-likeness (QED) is 0.0740. The molecule has 0 bridgehead atoms. The molecule has 1 aliphatic rings. The van der Waals surface area contributed by atoms with E-state index in [0.29, 0.717) is 44.4 Å². The highest BCUT2D eigenvalue weighted by atomic mass is 16.6. The van der Waals surface area contributed by atoms with E-state index in [9.17, 15) is 28.8 Å². The number of nitrogens with one attached hydrogen (secondary N) is 4. The molecule has 0 radical (unpaired) electrons. The van der Waals surface area contributed by atoms with Gasteiger partial charge >= 0.3 is 6.09 Å². The average Bonchev–Trinajstić information content (AvgIpc) is 3.80. The van der Waals surface area contributed by atoms with Gasteiger partial charge in [0.15, 0.2) is 0 Å². The Morgan fingerprint density at radius 3 is 1.98 bits per heavy atom. The smallest absolute Gasteiger partial charge is 0.407 e. The molecule has 0 saturated heterocycles. The first kappa shape index (κ1) is 47.9. The molecule has 0 fully saturated rings. The number of rotatable bonds is 27. The largest absolute Gasteiger partial charge is 0.447 e. The van der Waals surface area contributed by atoms with Crippen LogP contribution in [0.15, 0.2) is 42.6 Å². The van der Waals surface area contributed by atoms with Crippen LogP contribution < -0.4 is 21.3 Å². The fourth-order valence-corrected chi connectivity index (χ4v) is 4.80. The Kier molecular flexibility index (Phi) is 23.7. The van der Waals surface area contributed by atoms with E-state index in [-0.39, 0.29) is 88.6 Å². The maximum absolute atomic E-state index is 12.7. The Hall–Kier alpha value is -5.24. The van der Waals surface area contributed by atoms with Gasteiger partial charge in [-0.1, -0.05) is 52.0 Å². The molecular weight excluding hydrogens is 744 g/mol. The average molecular weight is 803 g/mol. The van der Waals surface area contributed by atoms with E-state index in [1.165, 1.54) is 12.2 Å². The molecule has 1 unspecified atom stereocenters. The highest BCUT2D eigenvalue weighted by Gasteiger charge is 2.25. The topological polar surface area (TPSA) is 231 Å². The van der Waals surface area contributed by atoms with E-state index in [2.05, 4.69) is 31.6 Å². The van der Waals surface area contributed by atoms with Crippen LogP contribution in [-0.2, 0) is 67.2 Å². The Morgan fingerprint density at radius 2 is 1.35 bits per heavy atom. The van der Waals surface area contributed by atoms with Gasteiger partial charge in [0.05, 0.1) is 85.2 Å². The van der Waals surface area contributed by atoms with Crippen LogP contribution in [0.5, 0.6) is 0 Å². The molecule has 1 aromatic carbocycles. The summed E-state index contributed by atoms with van der Waals surface area (Å²) in [6.07, 6.45) is 4.37. The van der Waals surface area contributed by atoms with Crippen molar-refractivity contribution in [2.45, 2.75) is 66.6 Å². The standard InChI is InChI=1S/C36H52N8O11.C2H6/c1-4-27-5-7-28(8-6-27)39-31(46)24-37-35(49)34(26(2)3)40-30(45)11-14-51-17-19-54-20-18-52-15-12-43-25-29(41-42-43)23-38-36(50)55-22-21-53-16-13-44-32(47)9-10-33(44)48;1-2/h5-10,25-26,34H,4,11-24H2,1-3H3,(H,37,49)(H,38,50)(H,39,46)(H,40,45);1-2H3. The van der Waals surface area contributed by atoms with Crippen molar-refractivity contribution >= 4 is 41.3 Å². The van der Waals surface area contributed by atoms with Crippen LogP contribution in [0.2, 0.25) is 0 Å². The van der Waals surface area contributed by atoms with E-state index in [1.54, 1.807) is 24.7 Å². The Morgan fingerprint density at radius 1 is 0.754 bits per heavy atom. The Labute approximate surface area is 333 Å². The van der Waals surface area contributed by atoms with Gasteiger partial charge in [-0.2, -0.15) is 0 Å². The highest BCUT2D eigenvalue weighted by Crippen LogP contribution is 2.10. The molecule has 6 amide bonds. The third-order valence-electron chi connectivity index (χ3n) is 7.84. The number of hydrogen-bond acceptors (Lipinski definition) is 13. The van der Waals surface area contributed by atoms with Gasteiger partial charge in [0.2, 0.25) is 17.7 Å².